The molecule has 1 atom stereocenters. The van der Waals surface area contributed by atoms with Crippen molar-refractivity contribution in [2.75, 3.05) is 20.2 Å². The molecule has 1 aliphatic rings. The Hall–Kier alpha value is -2.29. The first kappa shape index (κ1) is 22.4. The lowest BCUT2D eigenvalue weighted by Gasteiger charge is -2.33. The summed E-state index contributed by atoms with van der Waals surface area (Å²) in [5.74, 6) is 0.992. The molecule has 0 bridgehead atoms. The molecule has 0 unspecified atom stereocenters. The van der Waals surface area contributed by atoms with Gasteiger partial charge in [-0.1, -0.05) is 17.7 Å². The maximum atomic E-state index is 12.7. The number of halogens is 1. The first-order chi connectivity index (χ1) is 14.3. The standard InChI is InChI=1S/C21H25ClN2O5S/c1-15(29-19-5-3-4-16(22)14-19)21(25)24-12-10-17(11-13-24)23-30(26,27)20-8-6-18(28-2)7-9-20/h3-9,14-15,17,23H,10-13H2,1-2H3/t15-/m0/s1. The Morgan fingerprint density at radius 2 is 1.80 bits per heavy atom. The second kappa shape index (κ2) is 9.68. The largest absolute Gasteiger partial charge is 0.497 e. The van der Waals surface area contributed by atoms with Gasteiger partial charge in [-0.2, -0.15) is 0 Å². The van der Waals surface area contributed by atoms with Crippen LogP contribution in [0.15, 0.2) is 53.4 Å². The van der Waals surface area contributed by atoms with E-state index in [0.717, 1.165) is 0 Å². The molecule has 0 aromatic heterocycles. The van der Waals surface area contributed by atoms with E-state index in [1.54, 1.807) is 48.2 Å². The molecule has 0 spiro atoms. The van der Waals surface area contributed by atoms with E-state index in [2.05, 4.69) is 4.72 Å². The Morgan fingerprint density at radius 3 is 2.40 bits per heavy atom. The molecule has 0 radical (unpaired) electrons. The summed E-state index contributed by atoms with van der Waals surface area (Å²) in [5, 5.41) is 0.539. The van der Waals surface area contributed by atoms with E-state index in [1.807, 2.05) is 0 Å². The van der Waals surface area contributed by atoms with Gasteiger partial charge in [-0.15, -0.1) is 0 Å². The molecule has 1 saturated heterocycles. The second-order valence-corrected chi connectivity index (χ2v) is 9.26. The number of likely N-dealkylation sites (tertiary alicyclic amines) is 1. The maximum Gasteiger partial charge on any atom is 0.263 e. The Bertz CT molecular complexity index is 973. The molecule has 162 valence electrons. The minimum atomic E-state index is -3.63. The normalized spacial score (nSPS) is 16.2. The maximum absolute atomic E-state index is 12.7. The number of rotatable bonds is 7. The first-order valence-electron chi connectivity index (χ1n) is 9.66. The van der Waals surface area contributed by atoms with Crippen LogP contribution in [0.1, 0.15) is 19.8 Å². The number of methoxy groups -OCH3 is 1. The average Bonchev–Trinajstić information content (AvgIpc) is 2.73. The molecule has 1 aliphatic heterocycles. The summed E-state index contributed by atoms with van der Waals surface area (Å²) < 4.78 is 38.7. The Labute approximate surface area is 182 Å². The number of nitrogens with one attached hydrogen (secondary N) is 1. The fourth-order valence-corrected chi connectivity index (χ4v) is 4.80. The minimum absolute atomic E-state index is 0.133. The molecule has 0 saturated carbocycles. The summed E-state index contributed by atoms with van der Waals surface area (Å²) in [7, 11) is -2.10. The van der Waals surface area contributed by atoms with Gasteiger partial charge in [-0.05, 0) is 62.2 Å². The summed E-state index contributed by atoms with van der Waals surface area (Å²) in [6, 6.07) is 12.9. The molecule has 0 aliphatic carbocycles. The molecule has 2 aromatic carbocycles. The van der Waals surface area contributed by atoms with Crippen molar-refractivity contribution in [3.05, 3.63) is 53.6 Å². The van der Waals surface area contributed by atoms with Crippen LogP contribution >= 0.6 is 11.6 Å². The molecule has 1 N–H and O–H groups in total. The number of amides is 1. The Balaban J connectivity index is 1.52. The monoisotopic (exact) mass is 452 g/mol. The number of hydrogen-bond acceptors (Lipinski definition) is 5. The van der Waals surface area contributed by atoms with Crippen molar-refractivity contribution in [3.63, 3.8) is 0 Å². The highest BCUT2D eigenvalue weighted by atomic mass is 35.5. The van der Waals surface area contributed by atoms with Crippen molar-refractivity contribution in [1.29, 1.82) is 0 Å². The molecule has 1 heterocycles. The lowest BCUT2D eigenvalue weighted by atomic mass is 10.1. The smallest absolute Gasteiger partial charge is 0.263 e. The zero-order valence-electron chi connectivity index (χ0n) is 16.9. The summed E-state index contributed by atoms with van der Waals surface area (Å²) in [5.41, 5.74) is 0. The molecule has 9 heteroatoms. The molecule has 3 rings (SSSR count). The van der Waals surface area contributed by atoms with E-state index in [1.165, 1.54) is 19.2 Å². The van der Waals surface area contributed by atoms with Crippen molar-refractivity contribution in [2.24, 2.45) is 0 Å². The summed E-state index contributed by atoms with van der Waals surface area (Å²) in [6.07, 6.45) is 0.409. The van der Waals surface area contributed by atoms with Crippen LogP contribution in [-0.4, -0.2) is 51.6 Å². The molecule has 30 heavy (non-hydrogen) atoms. The lowest BCUT2D eigenvalue weighted by Crippen LogP contribution is -2.49. The first-order valence-corrected chi connectivity index (χ1v) is 11.5. The van der Waals surface area contributed by atoms with Gasteiger partial charge in [0.15, 0.2) is 6.10 Å². The third kappa shape index (κ3) is 5.65. The van der Waals surface area contributed by atoms with Crippen LogP contribution in [0.5, 0.6) is 11.5 Å². The van der Waals surface area contributed by atoms with Crippen LogP contribution in [0.2, 0.25) is 5.02 Å². The van der Waals surface area contributed by atoms with Crippen LogP contribution in [0.25, 0.3) is 0 Å². The van der Waals surface area contributed by atoms with Gasteiger partial charge in [-0.3, -0.25) is 4.79 Å². The number of ether oxygens (including phenoxy) is 2. The summed E-state index contributed by atoms with van der Waals surface area (Å²) in [6.45, 7) is 2.61. The summed E-state index contributed by atoms with van der Waals surface area (Å²) in [4.78, 5) is 14.6. The Kier molecular flexibility index (Phi) is 7.23. The van der Waals surface area contributed by atoms with Crippen LogP contribution < -0.4 is 14.2 Å². The van der Waals surface area contributed by atoms with Crippen molar-refractivity contribution < 1.29 is 22.7 Å². The van der Waals surface area contributed by atoms with E-state index >= 15 is 0 Å². The predicted molar refractivity (Wildman–Crippen MR) is 114 cm³/mol. The molecule has 1 fully saturated rings. The van der Waals surface area contributed by atoms with Gasteiger partial charge in [0.25, 0.3) is 5.91 Å². The number of carbonyl (C=O) groups excluding carboxylic acids is 1. The van der Waals surface area contributed by atoms with Gasteiger partial charge in [-0.25, -0.2) is 13.1 Å². The molecular weight excluding hydrogens is 428 g/mol. The minimum Gasteiger partial charge on any atom is -0.497 e. The van der Waals surface area contributed by atoms with Crippen LogP contribution in [0, 0.1) is 0 Å². The fourth-order valence-electron chi connectivity index (χ4n) is 3.31. The summed E-state index contributed by atoms with van der Waals surface area (Å²) >= 11 is 5.95. The van der Waals surface area contributed by atoms with Gasteiger partial charge in [0.05, 0.1) is 12.0 Å². The number of nitrogens with zero attached hydrogens (tertiary/aromatic N) is 1. The van der Waals surface area contributed by atoms with E-state index in [9.17, 15) is 13.2 Å². The van der Waals surface area contributed by atoms with Crippen LogP contribution in [0.3, 0.4) is 0 Å². The van der Waals surface area contributed by atoms with Crippen molar-refractivity contribution in [3.8, 4) is 11.5 Å². The van der Waals surface area contributed by atoms with E-state index < -0.39 is 16.1 Å². The quantitative estimate of drug-likeness (QED) is 0.697. The highest BCUT2D eigenvalue weighted by Crippen LogP contribution is 2.21. The SMILES string of the molecule is COc1ccc(S(=O)(=O)NC2CCN(C(=O)[C@H](C)Oc3cccc(Cl)c3)CC2)cc1. The molecular formula is C21H25ClN2O5S. The van der Waals surface area contributed by atoms with Crippen LogP contribution in [0.4, 0.5) is 0 Å². The van der Waals surface area contributed by atoms with Gasteiger partial charge < -0.3 is 14.4 Å². The van der Waals surface area contributed by atoms with E-state index in [-0.39, 0.29) is 16.8 Å². The number of benzene rings is 2. The van der Waals surface area contributed by atoms with Gasteiger partial charge in [0, 0.05) is 24.2 Å². The van der Waals surface area contributed by atoms with Gasteiger partial charge >= 0.3 is 0 Å². The van der Waals surface area contributed by atoms with Gasteiger partial charge in [0.2, 0.25) is 10.0 Å². The number of sulfonamides is 1. The second-order valence-electron chi connectivity index (χ2n) is 7.11. The number of carbonyl (C=O) groups is 1. The number of piperidine rings is 1. The topological polar surface area (TPSA) is 84.9 Å². The average molecular weight is 453 g/mol. The number of hydrogen-bond donors (Lipinski definition) is 1. The highest BCUT2D eigenvalue weighted by molar-refractivity contribution is 7.89. The molecule has 2 aromatic rings. The predicted octanol–water partition coefficient (Wildman–Crippen LogP) is 3.09. The van der Waals surface area contributed by atoms with E-state index in [4.69, 9.17) is 21.1 Å². The molecule has 1 amide bonds. The van der Waals surface area contributed by atoms with Crippen molar-refractivity contribution >= 4 is 27.5 Å². The molecule has 7 nitrogen and oxygen atoms in total. The fraction of sp³-hybridized carbons (Fsp3) is 0.381. The Morgan fingerprint density at radius 1 is 1.13 bits per heavy atom. The highest BCUT2D eigenvalue weighted by Gasteiger charge is 2.29. The van der Waals surface area contributed by atoms with Crippen molar-refractivity contribution in [1.82, 2.24) is 9.62 Å². The third-order valence-electron chi connectivity index (χ3n) is 4.95. The zero-order valence-corrected chi connectivity index (χ0v) is 18.4. The van der Waals surface area contributed by atoms with Crippen molar-refractivity contribution in [2.45, 2.75) is 36.8 Å². The zero-order chi connectivity index (χ0) is 21.7. The van der Waals surface area contributed by atoms with Gasteiger partial charge in [0.1, 0.15) is 11.5 Å². The lowest BCUT2D eigenvalue weighted by molar-refractivity contribution is -0.139. The third-order valence-corrected chi connectivity index (χ3v) is 6.73. The van der Waals surface area contributed by atoms with Crippen LogP contribution in [-0.2, 0) is 14.8 Å². The van der Waals surface area contributed by atoms with E-state index in [0.29, 0.717) is 42.5 Å².